The topological polar surface area (TPSA) is 60.7 Å². The Bertz CT molecular complexity index is 1130. The number of Topliss-reactive ketones (excluding diaryl/α,β-unsaturated/α-hetero) is 1. The average Bonchev–Trinajstić information content (AvgIpc) is 3.17. The van der Waals surface area contributed by atoms with Gasteiger partial charge in [0.2, 0.25) is 0 Å². The second kappa shape index (κ2) is 9.00. The fourth-order valence-corrected chi connectivity index (χ4v) is 3.99. The number of hydrogen-bond acceptors (Lipinski definition) is 5. The number of rotatable bonds is 7. The van der Waals surface area contributed by atoms with Gasteiger partial charge in [0.05, 0.1) is 11.8 Å². The lowest BCUT2D eigenvalue weighted by Gasteiger charge is -2.13. The number of aromatic nitrogens is 4. The van der Waals surface area contributed by atoms with Crippen LogP contribution in [0.25, 0.3) is 11.4 Å². The van der Waals surface area contributed by atoms with Crippen LogP contribution in [-0.4, -0.2) is 30.8 Å². The monoisotopic (exact) mass is 418 g/mol. The van der Waals surface area contributed by atoms with Crippen LogP contribution in [0.5, 0.6) is 0 Å². The Balaban J connectivity index is 1.64. The van der Waals surface area contributed by atoms with Gasteiger partial charge in [-0.25, -0.2) is 4.39 Å². The van der Waals surface area contributed by atoms with E-state index in [0.29, 0.717) is 23.1 Å². The Morgan fingerprint density at radius 1 is 1.00 bits per heavy atom. The molecule has 0 unspecified atom stereocenters. The minimum absolute atomic E-state index is 0.0836. The molecule has 4 rings (SSSR count). The summed E-state index contributed by atoms with van der Waals surface area (Å²) >= 11 is 1.34. The lowest BCUT2D eigenvalue weighted by molar-refractivity contribution is 0.0994. The zero-order valence-electron chi connectivity index (χ0n) is 16.3. The van der Waals surface area contributed by atoms with E-state index in [1.54, 1.807) is 12.4 Å². The van der Waals surface area contributed by atoms with E-state index in [1.807, 2.05) is 54.0 Å². The van der Waals surface area contributed by atoms with Crippen molar-refractivity contribution in [3.8, 4) is 11.4 Å². The molecule has 0 saturated carbocycles. The molecule has 2 heterocycles. The molecule has 0 saturated heterocycles. The van der Waals surface area contributed by atoms with Gasteiger partial charge in [-0.15, -0.1) is 10.2 Å². The molecule has 150 valence electrons. The van der Waals surface area contributed by atoms with Gasteiger partial charge < -0.3 is 0 Å². The number of ketones is 1. The molecule has 5 nitrogen and oxygen atoms in total. The maximum atomic E-state index is 13.2. The number of carbonyl (C=O) groups excluding carboxylic acids is 1. The third kappa shape index (κ3) is 4.46. The first-order valence-electron chi connectivity index (χ1n) is 9.46. The third-order valence-electron chi connectivity index (χ3n) is 4.62. The van der Waals surface area contributed by atoms with Crippen LogP contribution in [-0.2, 0) is 6.54 Å². The van der Waals surface area contributed by atoms with E-state index in [2.05, 4.69) is 15.2 Å². The molecule has 0 radical (unpaired) electrons. The Morgan fingerprint density at radius 2 is 1.70 bits per heavy atom. The van der Waals surface area contributed by atoms with E-state index in [4.69, 9.17) is 0 Å². The van der Waals surface area contributed by atoms with Gasteiger partial charge >= 0.3 is 0 Å². The highest BCUT2D eigenvalue weighted by molar-refractivity contribution is 8.00. The first-order valence-corrected chi connectivity index (χ1v) is 10.3. The number of pyridine rings is 1. The van der Waals surface area contributed by atoms with Crippen LogP contribution in [0.15, 0.2) is 84.3 Å². The summed E-state index contributed by atoms with van der Waals surface area (Å²) in [4.78, 5) is 16.9. The number of halogens is 1. The molecule has 2 aromatic carbocycles. The predicted octanol–water partition coefficient (Wildman–Crippen LogP) is 4.89. The summed E-state index contributed by atoms with van der Waals surface area (Å²) in [7, 11) is 0. The summed E-state index contributed by atoms with van der Waals surface area (Å²) < 4.78 is 15.2. The van der Waals surface area contributed by atoms with Crippen LogP contribution in [0.4, 0.5) is 4.39 Å². The van der Waals surface area contributed by atoms with Crippen LogP contribution in [0, 0.1) is 5.82 Å². The first kappa shape index (κ1) is 20.0. The van der Waals surface area contributed by atoms with Crippen molar-refractivity contribution in [3.05, 3.63) is 96.1 Å². The summed E-state index contributed by atoms with van der Waals surface area (Å²) in [5.74, 6) is 0.265. The summed E-state index contributed by atoms with van der Waals surface area (Å²) in [5, 5.41) is 8.99. The molecule has 1 atom stereocenters. The Morgan fingerprint density at radius 3 is 2.40 bits per heavy atom. The zero-order chi connectivity index (χ0) is 20.9. The van der Waals surface area contributed by atoms with E-state index >= 15 is 0 Å². The van der Waals surface area contributed by atoms with E-state index in [-0.39, 0.29) is 11.6 Å². The molecule has 0 N–H and O–H groups in total. The van der Waals surface area contributed by atoms with Crippen molar-refractivity contribution < 1.29 is 9.18 Å². The van der Waals surface area contributed by atoms with Gasteiger partial charge in [-0.3, -0.25) is 14.3 Å². The highest BCUT2D eigenvalue weighted by Crippen LogP contribution is 2.29. The van der Waals surface area contributed by atoms with Crippen LogP contribution in [0.3, 0.4) is 0 Å². The maximum absolute atomic E-state index is 13.2. The molecule has 0 bridgehead atoms. The normalized spacial score (nSPS) is 11.9. The number of thioether (sulfide) groups is 1. The molecular weight excluding hydrogens is 399 g/mol. The minimum Gasteiger partial charge on any atom is -0.298 e. The zero-order valence-corrected chi connectivity index (χ0v) is 17.1. The van der Waals surface area contributed by atoms with Gasteiger partial charge in [-0.2, -0.15) is 0 Å². The van der Waals surface area contributed by atoms with Crippen LogP contribution >= 0.6 is 11.8 Å². The molecule has 7 heteroatoms. The standard InChI is InChI=1S/C23H19FN4OS/c1-16(21(29)18-7-9-20(24)10-8-18)30-23-27-26-22(19-11-13-25-14-12-19)28(23)15-17-5-3-2-4-6-17/h2-14,16H,15H2,1H3/t16-/m0/s1. The van der Waals surface area contributed by atoms with Gasteiger partial charge in [0, 0.05) is 23.5 Å². The molecule has 30 heavy (non-hydrogen) atoms. The van der Waals surface area contributed by atoms with E-state index in [1.165, 1.54) is 36.0 Å². The summed E-state index contributed by atoms with van der Waals surface area (Å²) in [6.45, 7) is 2.40. The van der Waals surface area contributed by atoms with Gasteiger partial charge in [0.15, 0.2) is 16.8 Å². The number of hydrogen-bond donors (Lipinski definition) is 0. The van der Waals surface area contributed by atoms with E-state index < -0.39 is 5.25 Å². The van der Waals surface area contributed by atoms with Gasteiger partial charge in [-0.1, -0.05) is 42.1 Å². The Labute approximate surface area is 178 Å². The quantitative estimate of drug-likeness (QED) is 0.316. The fourth-order valence-electron chi connectivity index (χ4n) is 3.06. The maximum Gasteiger partial charge on any atom is 0.192 e. The molecule has 4 aromatic rings. The second-order valence-corrected chi connectivity index (χ2v) is 8.05. The van der Waals surface area contributed by atoms with Crippen LogP contribution in [0.2, 0.25) is 0 Å². The van der Waals surface area contributed by atoms with Gasteiger partial charge in [0.25, 0.3) is 0 Å². The lowest BCUT2D eigenvalue weighted by Crippen LogP contribution is -2.15. The number of benzene rings is 2. The number of nitrogens with zero attached hydrogens (tertiary/aromatic N) is 4. The molecule has 0 amide bonds. The van der Waals surface area contributed by atoms with Crippen molar-refractivity contribution >= 4 is 17.5 Å². The van der Waals surface area contributed by atoms with Gasteiger partial charge in [0.1, 0.15) is 5.82 Å². The van der Waals surface area contributed by atoms with E-state index in [0.717, 1.165) is 11.1 Å². The SMILES string of the molecule is C[C@H](Sc1nnc(-c2ccncc2)n1Cc1ccccc1)C(=O)c1ccc(F)cc1. The van der Waals surface area contributed by atoms with E-state index in [9.17, 15) is 9.18 Å². The van der Waals surface area contributed by atoms with Crippen LogP contribution < -0.4 is 0 Å². The first-order chi connectivity index (χ1) is 14.6. The molecule has 0 fully saturated rings. The molecular formula is C23H19FN4OS. The van der Waals surface area contributed by atoms with Crippen molar-refractivity contribution in [2.24, 2.45) is 0 Å². The molecule has 0 spiro atoms. The van der Waals surface area contributed by atoms with Crippen molar-refractivity contribution in [1.82, 2.24) is 19.7 Å². The largest absolute Gasteiger partial charge is 0.298 e. The fraction of sp³-hybridized carbons (Fsp3) is 0.130. The smallest absolute Gasteiger partial charge is 0.192 e. The molecule has 0 aliphatic rings. The van der Waals surface area contributed by atoms with Crippen molar-refractivity contribution in [2.75, 3.05) is 0 Å². The molecule has 0 aliphatic carbocycles. The summed E-state index contributed by atoms with van der Waals surface area (Å²) in [6.07, 6.45) is 3.43. The second-order valence-electron chi connectivity index (χ2n) is 6.75. The highest BCUT2D eigenvalue weighted by Gasteiger charge is 2.22. The van der Waals surface area contributed by atoms with Crippen LogP contribution in [0.1, 0.15) is 22.8 Å². The predicted molar refractivity (Wildman–Crippen MR) is 115 cm³/mol. The Kier molecular flexibility index (Phi) is 5.99. The lowest BCUT2D eigenvalue weighted by atomic mass is 10.1. The van der Waals surface area contributed by atoms with Gasteiger partial charge in [-0.05, 0) is 48.9 Å². The minimum atomic E-state index is -0.403. The van der Waals surface area contributed by atoms with Crippen molar-refractivity contribution in [2.45, 2.75) is 23.9 Å². The Hall–Kier alpha value is -3.32. The van der Waals surface area contributed by atoms with Crippen molar-refractivity contribution in [1.29, 1.82) is 0 Å². The summed E-state index contributed by atoms with van der Waals surface area (Å²) in [5.41, 5.74) is 2.48. The molecule has 2 aromatic heterocycles. The third-order valence-corrected chi connectivity index (χ3v) is 5.70. The van der Waals surface area contributed by atoms with Crippen molar-refractivity contribution in [3.63, 3.8) is 0 Å². The highest BCUT2D eigenvalue weighted by atomic mass is 32.2. The number of carbonyl (C=O) groups is 1. The average molecular weight is 418 g/mol. The summed E-state index contributed by atoms with van der Waals surface area (Å²) in [6, 6.07) is 19.4. The molecule has 0 aliphatic heterocycles.